The summed E-state index contributed by atoms with van der Waals surface area (Å²) in [6.45, 7) is 0. The number of ketones is 1. The number of anilines is 2. The molecule has 0 atom stereocenters. The summed E-state index contributed by atoms with van der Waals surface area (Å²) in [5, 5.41) is 6.78. The van der Waals surface area contributed by atoms with Crippen molar-refractivity contribution in [2.45, 2.75) is 0 Å². The maximum atomic E-state index is 12.9. The van der Waals surface area contributed by atoms with Crippen LogP contribution in [-0.4, -0.2) is 21.8 Å². The summed E-state index contributed by atoms with van der Waals surface area (Å²) >= 11 is 5.84. The van der Waals surface area contributed by atoms with Gasteiger partial charge in [-0.05, 0) is 48.5 Å². The van der Waals surface area contributed by atoms with Crippen LogP contribution in [0.2, 0.25) is 5.02 Å². The summed E-state index contributed by atoms with van der Waals surface area (Å²) < 4.78 is 0. The van der Waals surface area contributed by atoms with Crippen LogP contribution in [-0.2, 0) is 0 Å². The Hall–Kier alpha value is -3.64. The van der Waals surface area contributed by atoms with Gasteiger partial charge in [-0.2, -0.15) is 0 Å². The second-order valence-corrected chi connectivity index (χ2v) is 6.53. The minimum absolute atomic E-state index is 0.152. The Morgan fingerprint density at radius 1 is 0.929 bits per heavy atom. The van der Waals surface area contributed by atoms with E-state index in [9.17, 15) is 9.59 Å². The number of hydrogen-bond acceptors (Lipinski definition) is 3. The number of aromatic amines is 1. The van der Waals surface area contributed by atoms with E-state index in [0.717, 1.165) is 5.39 Å². The molecule has 0 fully saturated rings. The summed E-state index contributed by atoms with van der Waals surface area (Å²) in [5.41, 5.74) is 2.78. The van der Waals surface area contributed by atoms with E-state index in [-0.39, 0.29) is 5.78 Å². The van der Waals surface area contributed by atoms with Gasteiger partial charge in [0.2, 0.25) is 0 Å². The number of nitrogens with one attached hydrogen (secondary N) is 3. The number of H-pyrrole nitrogens is 1. The molecule has 4 aromatic rings. The fourth-order valence-electron chi connectivity index (χ4n) is 2.86. The van der Waals surface area contributed by atoms with E-state index in [1.54, 1.807) is 67.0 Å². The van der Waals surface area contributed by atoms with Crippen molar-refractivity contribution in [1.29, 1.82) is 0 Å². The van der Waals surface area contributed by atoms with Gasteiger partial charge in [-0.1, -0.05) is 23.7 Å². The molecule has 0 aliphatic rings. The van der Waals surface area contributed by atoms with Crippen molar-refractivity contribution in [3.8, 4) is 0 Å². The van der Waals surface area contributed by atoms with Crippen molar-refractivity contribution in [2.75, 3.05) is 10.6 Å². The highest BCUT2D eigenvalue weighted by Gasteiger charge is 2.15. The van der Waals surface area contributed by atoms with Gasteiger partial charge in [-0.15, -0.1) is 0 Å². The molecule has 0 aliphatic heterocycles. The van der Waals surface area contributed by atoms with Gasteiger partial charge in [0.1, 0.15) is 5.65 Å². The lowest BCUT2D eigenvalue weighted by atomic mass is 10.0. The Morgan fingerprint density at radius 2 is 1.71 bits per heavy atom. The number of urea groups is 1. The minimum Gasteiger partial charge on any atom is -0.345 e. The zero-order chi connectivity index (χ0) is 19.5. The number of nitrogens with zero attached hydrogens (tertiary/aromatic N) is 1. The molecule has 2 aromatic carbocycles. The number of rotatable bonds is 4. The van der Waals surface area contributed by atoms with E-state index in [1.807, 2.05) is 6.07 Å². The van der Waals surface area contributed by atoms with Crippen LogP contribution in [0.4, 0.5) is 16.2 Å². The van der Waals surface area contributed by atoms with Crippen LogP contribution < -0.4 is 10.6 Å². The van der Waals surface area contributed by atoms with Crippen LogP contribution >= 0.6 is 11.6 Å². The summed E-state index contributed by atoms with van der Waals surface area (Å²) in [5.74, 6) is -0.152. The van der Waals surface area contributed by atoms with E-state index in [1.165, 1.54) is 0 Å². The Morgan fingerprint density at radius 3 is 2.54 bits per heavy atom. The number of aromatic nitrogens is 2. The van der Waals surface area contributed by atoms with Crippen molar-refractivity contribution in [3.05, 3.63) is 89.2 Å². The van der Waals surface area contributed by atoms with Gasteiger partial charge in [-0.3, -0.25) is 4.79 Å². The molecule has 7 heteroatoms. The van der Waals surface area contributed by atoms with Gasteiger partial charge >= 0.3 is 6.03 Å². The van der Waals surface area contributed by atoms with E-state index in [0.29, 0.717) is 33.2 Å². The zero-order valence-corrected chi connectivity index (χ0v) is 15.3. The number of benzene rings is 2. The number of fused-ring (bicyclic) bond motifs is 1. The van der Waals surface area contributed by atoms with Crippen LogP contribution in [0.3, 0.4) is 0 Å². The highest BCUT2D eigenvalue weighted by atomic mass is 35.5. The highest BCUT2D eigenvalue weighted by Crippen LogP contribution is 2.21. The molecular weight excluding hydrogens is 376 g/mol. The molecule has 0 radical (unpaired) electrons. The van der Waals surface area contributed by atoms with Gasteiger partial charge in [0.25, 0.3) is 0 Å². The number of carbonyl (C=O) groups excluding carboxylic acids is 2. The minimum atomic E-state index is -0.414. The van der Waals surface area contributed by atoms with Crippen molar-refractivity contribution in [2.24, 2.45) is 0 Å². The van der Waals surface area contributed by atoms with Gasteiger partial charge in [0, 0.05) is 45.3 Å². The number of carbonyl (C=O) groups is 2. The molecule has 2 heterocycles. The second kappa shape index (κ2) is 7.54. The monoisotopic (exact) mass is 390 g/mol. The molecule has 0 unspecified atom stereocenters. The third kappa shape index (κ3) is 3.72. The van der Waals surface area contributed by atoms with Crippen molar-refractivity contribution >= 4 is 45.8 Å². The number of halogens is 1. The van der Waals surface area contributed by atoms with Gasteiger partial charge < -0.3 is 15.6 Å². The van der Waals surface area contributed by atoms with Gasteiger partial charge in [0.15, 0.2) is 5.78 Å². The smallest absolute Gasteiger partial charge is 0.323 e. The van der Waals surface area contributed by atoms with Crippen molar-refractivity contribution in [3.63, 3.8) is 0 Å². The molecule has 4 rings (SSSR count). The van der Waals surface area contributed by atoms with Crippen molar-refractivity contribution in [1.82, 2.24) is 9.97 Å². The third-order valence-electron chi connectivity index (χ3n) is 4.18. The van der Waals surface area contributed by atoms with Crippen molar-refractivity contribution < 1.29 is 9.59 Å². The predicted octanol–water partition coefficient (Wildman–Crippen LogP) is 5.09. The first kappa shape index (κ1) is 17.8. The topological polar surface area (TPSA) is 86.9 Å². The fraction of sp³-hybridized carbons (Fsp3) is 0. The Bertz CT molecular complexity index is 1170. The summed E-state index contributed by atoms with van der Waals surface area (Å²) in [4.78, 5) is 32.3. The quantitative estimate of drug-likeness (QED) is 0.424. The lowest BCUT2D eigenvalue weighted by Gasteiger charge is -2.09. The molecule has 6 nitrogen and oxygen atoms in total. The van der Waals surface area contributed by atoms with E-state index >= 15 is 0 Å². The van der Waals surface area contributed by atoms with Gasteiger partial charge in [-0.25, -0.2) is 9.78 Å². The standard InChI is InChI=1S/C21H15ClN4O2/c22-14-6-8-15(9-7-14)25-21(28)26-16-4-1-3-13(11-16)19(27)18-12-24-20-17(18)5-2-10-23-20/h1-12H,(H,23,24)(H2,25,26,28). The molecule has 138 valence electrons. The van der Waals surface area contributed by atoms with Crippen LogP contribution in [0.25, 0.3) is 11.0 Å². The first-order valence-electron chi connectivity index (χ1n) is 8.50. The molecule has 0 saturated carbocycles. The normalized spacial score (nSPS) is 10.6. The average molecular weight is 391 g/mol. The fourth-order valence-corrected chi connectivity index (χ4v) is 2.99. The van der Waals surface area contributed by atoms with E-state index < -0.39 is 6.03 Å². The van der Waals surface area contributed by atoms with Crippen LogP contribution in [0.5, 0.6) is 0 Å². The van der Waals surface area contributed by atoms with Gasteiger partial charge in [0.05, 0.1) is 0 Å². The molecule has 28 heavy (non-hydrogen) atoms. The van der Waals surface area contributed by atoms with Crippen LogP contribution in [0, 0.1) is 0 Å². The molecule has 0 saturated heterocycles. The average Bonchev–Trinajstić information content (AvgIpc) is 3.13. The molecule has 2 aromatic heterocycles. The SMILES string of the molecule is O=C(Nc1ccc(Cl)cc1)Nc1cccc(C(=O)c2c[nH]c3ncccc23)c1. The Labute approximate surface area is 165 Å². The summed E-state index contributed by atoms with van der Waals surface area (Å²) in [7, 11) is 0. The molecular formula is C21H15ClN4O2. The van der Waals surface area contributed by atoms with E-state index in [4.69, 9.17) is 11.6 Å². The lowest BCUT2D eigenvalue weighted by Crippen LogP contribution is -2.19. The highest BCUT2D eigenvalue weighted by molar-refractivity contribution is 6.30. The molecule has 0 bridgehead atoms. The Balaban J connectivity index is 1.51. The maximum absolute atomic E-state index is 12.9. The third-order valence-corrected chi connectivity index (χ3v) is 4.43. The van der Waals surface area contributed by atoms with Crippen LogP contribution in [0.15, 0.2) is 73.1 Å². The second-order valence-electron chi connectivity index (χ2n) is 6.10. The summed E-state index contributed by atoms with van der Waals surface area (Å²) in [6.07, 6.45) is 3.31. The zero-order valence-electron chi connectivity index (χ0n) is 14.6. The molecule has 0 aliphatic carbocycles. The molecule has 2 amide bonds. The Kier molecular flexibility index (Phi) is 4.78. The number of pyridine rings is 1. The number of hydrogen-bond donors (Lipinski definition) is 3. The van der Waals surface area contributed by atoms with E-state index in [2.05, 4.69) is 20.6 Å². The number of amides is 2. The van der Waals surface area contributed by atoms with Crippen LogP contribution in [0.1, 0.15) is 15.9 Å². The predicted molar refractivity (Wildman–Crippen MR) is 110 cm³/mol. The maximum Gasteiger partial charge on any atom is 0.323 e. The largest absolute Gasteiger partial charge is 0.345 e. The summed E-state index contributed by atoms with van der Waals surface area (Å²) in [6, 6.07) is 16.8. The molecule has 0 spiro atoms. The lowest BCUT2D eigenvalue weighted by molar-refractivity contribution is 0.104. The first-order valence-corrected chi connectivity index (χ1v) is 8.88. The first-order chi connectivity index (χ1) is 13.6. The molecule has 3 N–H and O–H groups in total.